The third-order valence-corrected chi connectivity index (χ3v) is 6.30. The maximum atomic E-state index is 12.4. The number of aromatic nitrogens is 1. The highest BCUT2D eigenvalue weighted by Gasteiger charge is 2.17. The third-order valence-electron chi connectivity index (χ3n) is 3.96. The maximum Gasteiger partial charge on any atom is 0.338 e. The molecule has 0 fully saturated rings. The third kappa shape index (κ3) is 5.24. The van der Waals surface area contributed by atoms with Crippen molar-refractivity contribution in [2.24, 2.45) is 0 Å². The molecule has 0 atom stereocenters. The van der Waals surface area contributed by atoms with E-state index in [1.807, 2.05) is 24.3 Å². The second kappa shape index (κ2) is 9.54. The first-order valence-electron chi connectivity index (χ1n) is 8.72. The summed E-state index contributed by atoms with van der Waals surface area (Å²) in [5.41, 5.74) is 1.60. The van der Waals surface area contributed by atoms with Crippen molar-refractivity contribution in [1.82, 2.24) is 9.71 Å². The van der Waals surface area contributed by atoms with Gasteiger partial charge in [0, 0.05) is 10.9 Å². The fraction of sp³-hybridized carbons (Fsp3) is 0.143. The van der Waals surface area contributed by atoms with Gasteiger partial charge < -0.3 is 9.47 Å². The number of carbonyl (C=O) groups excluding carboxylic acids is 1. The van der Waals surface area contributed by atoms with Gasteiger partial charge in [-0.25, -0.2) is 18.2 Å². The highest BCUT2D eigenvalue weighted by atomic mass is 32.2. The van der Waals surface area contributed by atoms with Gasteiger partial charge in [-0.2, -0.15) is 4.72 Å². The molecule has 0 radical (unpaired) electrons. The Labute approximate surface area is 178 Å². The van der Waals surface area contributed by atoms with Crippen LogP contribution in [0.3, 0.4) is 0 Å². The molecule has 30 heavy (non-hydrogen) atoms. The number of rotatable bonds is 8. The zero-order valence-electron chi connectivity index (χ0n) is 16.0. The van der Waals surface area contributed by atoms with Crippen LogP contribution in [0.1, 0.15) is 16.1 Å². The lowest BCUT2D eigenvalue weighted by Gasteiger charge is -2.07. The minimum absolute atomic E-state index is 0.0361. The molecule has 7 nitrogen and oxygen atoms in total. The van der Waals surface area contributed by atoms with Crippen LogP contribution in [0.15, 0.2) is 58.8 Å². The Balaban J connectivity index is 1.67. The van der Waals surface area contributed by atoms with Crippen LogP contribution in [0.4, 0.5) is 0 Å². The van der Waals surface area contributed by atoms with Crippen LogP contribution in [0, 0.1) is 12.3 Å². The second-order valence-electron chi connectivity index (χ2n) is 6.01. The van der Waals surface area contributed by atoms with Gasteiger partial charge >= 0.3 is 5.97 Å². The highest BCUT2D eigenvalue weighted by Crippen LogP contribution is 2.27. The number of nitrogens with zero attached hydrogens (tertiary/aromatic N) is 1. The van der Waals surface area contributed by atoms with E-state index < -0.39 is 16.0 Å². The summed E-state index contributed by atoms with van der Waals surface area (Å²) >= 11 is 1.42. The number of ether oxygens (including phenoxy) is 2. The van der Waals surface area contributed by atoms with Crippen LogP contribution in [0.5, 0.6) is 5.75 Å². The van der Waals surface area contributed by atoms with Gasteiger partial charge in [-0.1, -0.05) is 24.1 Å². The number of terminal acetylenes is 1. The van der Waals surface area contributed by atoms with Crippen LogP contribution < -0.4 is 9.46 Å². The molecule has 3 aromatic rings. The molecule has 1 N–H and O–H groups in total. The predicted molar refractivity (Wildman–Crippen MR) is 114 cm³/mol. The number of benzene rings is 2. The highest BCUT2D eigenvalue weighted by molar-refractivity contribution is 7.89. The van der Waals surface area contributed by atoms with Gasteiger partial charge in [-0.15, -0.1) is 17.8 Å². The Hall–Kier alpha value is -3.19. The lowest BCUT2D eigenvalue weighted by Crippen LogP contribution is -2.24. The normalized spacial score (nSPS) is 10.9. The summed E-state index contributed by atoms with van der Waals surface area (Å²) in [4.78, 5) is 16.8. The molecule has 0 saturated carbocycles. The van der Waals surface area contributed by atoms with E-state index in [9.17, 15) is 13.2 Å². The molecule has 2 aromatic carbocycles. The average Bonchev–Trinajstić information content (AvgIpc) is 3.25. The first-order chi connectivity index (χ1) is 14.4. The lowest BCUT2D eigenvalue weighted by molar-refractivity contribution is 0.0468. The zero-order chi connectivity index (χ0) is 21.6. The van der Waals surface area contributed by atoms with Crippen molar-refractivity contribution in [3.8, 4) is 28.7 Å². The molecule has 0 aliphatic rings. The molecule has 0 bridgehead atoms. The Bertz CT molecular complexity index is 1200. The molecule has 0 saturated heterocycles. The summed E-state index contributed by atoms with van der Waals surface area (Å²) in [6.45, 7) is -0.178. The van der Waals surface area contributed by atoms with Crippen molar-refractivity contribution in [2.75, 3.05) is 13.7 Å². The number of carbonyl (C=O) groups is 1. The monoisotopic (exact) mass is 442 g/mol. The Kier molecular flexibility index (Phi) is 6.84. The average molecular weight is 443 g/mol. The van der Waals surface area contributed by atoms with Gasteiger partial charge in [-0.05, 0) is 30.3 Å². The van der Waals surface area contributed by atoms with Crippen LogP contribution in [0.25, 0.3) is 10.6 Å². The van der Waals surface area contributed by atoms with Crippen molar-refractivity contribution >= 4 is 27.3 Å². The van der Waals surface area contributed by atoms with E-state index in [4.69, 9.17) is 15.9 Å². The molecule has 1 aromatic heterocycles. The van der Waals surface area contributed by atoms with Crippen molar-refractivity contribution < 1.29 is 22.7 Å². The first kappa shape index (κ1) is 21.5. The maximum absolute atomic E-state index is 12.4. The molecule has 0 spiro atoms. The van der Waals surface area contributed by atoms with E-state index in [1.54, 1.807) is 12.5 Å². The van der Waals surface area contributed by atoms with Gasteiger partial charge in [0.25, 0.3) is 0 Å². The summed E-state index contributed by atoms with van der Waals surface area (Å²) in [5, 5.41) is 2.57. The number of thiazole rings is 1. The molecule has 3 rings (SSSR count). The zero-order valence-corrected chi connectivity index (χ0v) is 17.6. The molecule has 154 valence electrons. The molecule has 9 heteroatoms. The van der Waals surface area contributed by atoms with Gasteiger partial charge in [0.15, 0.2) is 0 Å². The molecular weight excluding hydrogens is 424 g/mol. The molecule has 0 aliphatic carbocycles. The van der Waals surface area contributed by atoms with E-state index in [1.165, 1.54) is 35.6 Å². The second-order valence-corrected chi connectivity index (χ2v) is 8.63. The molecule has 0 aliphatic heterocycles. The number of sulfonamides is 1. The summed E-state index contributed by atoms with van der Waals surface area (Å²) in [7, 11) is -2.21. The van der Waals surface area contributed by atoms with E-state index in [2.05, 4.69) is 15.6 Å². The fourth-order valence-electron chi connectivity index (χ4n) is 2.50. The van der Waals surface area contributed by atoms with E-state index >= 15 is 0 Å². The Morgan fingerprint density at radius 1 is 1.23 bits per heavy atom. The van der Waals surface area contributed by atoms with E-state index in [-0.39, 0.29) is 23.6 Å². The fourth-order valence-corrected chi connectivity index (χ4v) is 4.28. The van der Waals surface area contributed by atoms with Crippen molar-refractivity contribution in [3.63, 3.8) is 0 Å². The number of esters is 1. The van der Waals surface area contributed by atoms with Gasteiger partial charge in [0.1, 0.15) is 17.4 Å². The van der Waals surface area contributed by atoms with Crippen molar-refractivity contribution in [1.29, 1.82) is 0 Å². The van der Waals surface area contributed by atoms with Crippen LogP contribution >= 0.6 is 11.3 Å². The first-order valence-corrected chi connectivity index (χ1v) is 11.1. The Morgan fingerprint density at radius 3 is 2.80 bits per heavy atom. The standard InChI is InChI=1S/C21H18N2O5S2/c1-3-10-22-30(25,26)19-9-5-7-16(12-19)21(24)28-13-17-14-29-20(23-17)15-6-4-8-18(11-15)27-2/h1,4-9,11-12,14,22H,10,13H2,2H3. The molecule has 0 unspecified atom stereocenters. The van der Waals surface area contributed by atoms with E-state index in [0.29, 0.717) is 5.69 Å². The van der Waals surface area contributed by atoms with Crippen LogP contribution in [-0.2, 0) is 21.4 Å². The van der Waals surface area contributed by atoms with Crippen molar-refractivity contribution in [3.05, 3.63) is 65.2 Å². The summed E-state index contributed by atoms with van der Waals surface area (Å²) in [5.74, 6) is 2.27. The summed E-state index contributed by atoms with van der Waals surface area (Å²) in [6.07, 6.45) is 5.08. The number of hydrogen-bond acceptors (Lipinski definition) is 7. The lowest BCUT2D eigenvalue weighted by atomic mass is 10.2. The van der Waals surface area contributed by atoms with Gasteiger partial charge in [-0.3, -0.25) is 0 Å². The summed E-state index contributed by atoms with van der Waals surface area (Å²) < 4.78 is 37.1. The quantitative estimate of drug-likeness (QED) is 0.426. The molecular formula is C21H18N2O5S2. The SMILES string of the molecule is C#CCNS(=O)(=O)c1cccc(C(=O)OCc2csc(-c3cccc(OC)c3)n2)c1. The van der Waals surface area contributed by atoms with E-state index in [0.717, 1.165) is 16.3 Å². The minimum Gasteiger partial charge on any atom is -0.497 e. The topological polar surface area (TPSA) is 94.6 Å². The number of hydrogen-bond donors (Lipinski definition) is 1. The van der Waals surface area contributed by atoms with Crippen molar-refractivity contribution in [2.45, 2.75) is 11.5 Å². The summed E-state index contributed by atoms with van der Waals surface area (Å²) in [6, 6.07) is 13.0. The number of nitrogens with one attached hydrogen (secondary N) is 1. The Morgan fingerprint density at radius 2 is 2.03 bits per heavy atom. The molecule has 1 heterocycles. The molecule has 0 amide bonds. The van der Waals surface area contributed by atoms with Gasteiger partial charge in [0.05, 0.1) is 29.8 Å². The number of methoxy groups -OCH3 is 1. The van der Waals surface area contributed by atoms with Crippen LogP contribution in [-0.4, -0.2) is 33.0 Å². The van der Waals surface area contributed by atoms with Crippen LogP contribution in [0.2, 0.25) is 0 Å². The smallest absolute Gasteiger partial charge is 0.338 e. The predicted octanol–water partition coefficient (Wildman–Crippen LogP) is 3.09. The van der Waals surface area contributed by atoms with Gasteiger partial charge in [0.2, 0.25) is 10.0 Å². The minimum atomic E-state index is -3.80. The largest absolute Gasteiger partial charge is 0.497 e.